The number of nitrogens with one attached hydrogen (secondary N) is 1. The van der Waals surface area contributed by atoms with Crippen LogP contribution >= 0.6 is 0 Å². The Balaban J connectivity index is 1.43. The van der Waals surface area contributed by atoms with E-state index in [1.807, 2.05) is 31.3 Å². The van der Waals surface area contributed by atoms with E-state index >= 15 is 0 Å². The van der Waals surface area contributed by atoms with Crippen LogP contribution in [-0.2, 0) is 11.3 Å². The first-order valence-electron chi connectivity index (χ1n) is 10.4. The second kappa shape index (κ2) is 9.42. The van der Waals surface area contributed by atoms with Crippen molar-refractivity contribution in [2.75, 3.05) is 18.5 Å². The highest BCUT2D eigenvalue weighted by atomic mass is 16.5. The normalized spacial score (nSPS) is 15.6. The zero-order valence-corrected chi connectivity index (χ0v) is 17.4. The van der Waals surface area contributed by atoms with Crippen molar-refractivity contribution < 1.29 is 14.3 Å². The summed E-state index contributed by atoms with van der Waals surface area (Å²) in [6.45, 7) is 3.46. The first kappa shape index (κ1) is 20.6. The summed E-state index contributed by atoms with van der Waals surface area (Å²) >= 11 is 0. The molecule has 8 heteroatoms. The van der Waals surface area contributed by atoms with Gasteiger partial charge < -0.3 is 15.0 Å². The second-order valence-corrected chi connectivity index (χ2v) is 7.33. The second-order valence-electron chi connectivity index (χ2n) is 7.33. The highest BCUT2D eigenvalue weighted by molar-refractivity contribution is 6.02. The summed E-state index contributed by atoms with van der Waals surface area (Å²) in [7, 11) is 0. The number of carbonyl (C=O) groups excluding carboxylic acids is 2. The molecule has 3 heterocycles. The topological polar surface area (TPSA) is 89.4 Å². The van der Waals surface area contributed by atoms with E-state index < -0.39 is 6.04 Å². The van der Waals surface area contributed by atoms with Gasteiger partial charge in [0.15, 0.2) is 5.82 Å². The summed E-state index contributed by atoms with van der Waals surface area (Å²) in [6.07, 6.45) is 6.67. The van der Waals surface area contributed by atoms with Crippen LogP contribution in [-0.4, -0.2) is 50.7 Å². The lowest BCUT2D eigenvalue weighted by atomic mass is 10.1. The molecule has 1 aromatic carbocycles. The predicted octanol–water partition coefficient (Wildman–Crippen LogP) is 2.97. The van der Waals surface area contributed by atoms with Gasteiger partial charge in [0.25, 0.3) is 5.91 Å². The average Bonchev–Trinajstić information content (AvgIpc) is 3.44. The standard InChI is InChI=1S/C23H25N5O3/c1-2-31-20-8-4-3-6-18(20)23(30)28-14-5-7-19(28)22(29)25-21-11-15-27(26-21)16-17-9-12-24-13-10-17/h3-4,6,8-13,15,19H,2,5,7,14,16H2,1H3,(H,25,26,29). The van der Waals surface area contributed by atoms with Gasteiger partial charge in [-0.3, -0.25) is 19.3 Å². The Hall–Kier alpha value is -3.68. The van der Waals surface area contributed by atoms with Crippen molar-refractivity contribution in [2.45, 2.75) is 32.4 Å². The number of para-hydroxylation sites is 1. The molecule has 0 spiro atoms. The molecule has 1 aliphatic heterocycles. The number of nitrogens with zero attached hydrogens (tertiary/aromatic N) is 4. The molecular weight excluding hydrogens is 394 g/mol. The molecule has 2 aromatic heterocycles. The fourth-order valence-corrected chi connectivity index (χ4v) is 3.76. The summed E-state index contributed by atoms with van der Waals surface area (Å²) in [5.41, 5.74) is 1.54. The molecule has 1 aliphatic rings. The third-order valence-electron chi connectivity index (χ3n) is 5.22. The summed E-state index contributed by atoms with van der Waals surface area (Å²) < 4.78 is 7.35. The molecule has 2 amide bonds. The quantitative estimate of drug-likeness (QED) is 0.636. The number of benzene rings is 1. The van der Waals surface area contributed by atoms with Gasteiger partial charge in [-0.25, -0.2) is 0 Å². The van der Waals surface area contributed by atoms with E-state index in [1.165, 1.54) is 0 Å². The smallest absolute Gasteiger partial charge is 0.258 e. The number of hydrogen-bond acceptors (Lipinski definition) is 5. The van der Waals surface area contributed by atoms with Gasteiger partial charge in [-0.1, -0.05) is 12.1 Å². The van der Waals surface area contributed by atoms with Crippen molar-refractivity contribution >= 4 is 17.6 Å². The zero-order chi connectivity index (χ0) is 21.6. The van der Waals surface area contributed by atoms with Gasteiger partial charge in [0, 0.05) is 31.2 Å². The number of hydrogen-bond donors (Lipinski definition) is 1. The fraction of sp³-hybridized carbons (Fsp3) is 0.304. The van der Waals surface area contributed by atoms with Gasteiger partial charge in [-0.05, 0) is 49.6 Å². The van der Waals surface area contributed by atoms with Crippen molar-refractivity contribution in [1.29, 1.82) is 0 Å². The molecule has 3 aromatic rings. The molecule has 0 radical (unpaired) electrons. The van der Waals surface area contributed by atoms with Gasteiger partial charge >= 0.3 is 0 Å². The van der Waals surface area contributed by atoms with Gasteiger partial charge in [-0.15, -0.1) is 0 Å². The van der Waals surface area contributed by atoms with E-state index in [1.54, 1.807) is 46.2 Å². The third-order valence-corrected chi connectivity index (χ3v) is 5.22. The van der Waals surface area contributed by atoms with Crippen LogP contribution in [0.15, 0.2) is 61.1 Å². The van der Waals surface area contributed by atoms with Crippen LogP contribution in [0, 0.1) is 0 Å². The van der Waals surface area contributed by atoms with Crippen molar-refractivity contribution in [2.24, 2.45) is 0 Å². The van der Waals surface area contributed by atoms with Crippen LogP contribution in [0.4, 0.5) is 5.82 Å². The fourth-order valence-electron chi connectivity index (χ4n) is 3.76. The van der Waals surface area contributed by atoms with Gasteiger partial charge in [0.2, 0.25) is 5.91 Å². The molecule has 1 fully saturated rings. The zero-order valence-electron chi connectivity index (χ0n) is 17.4. The van der Waals surface area contributed by atoms with E-state index in [-0.39, 0.29) is 11.8 Å². The molecule has 31 heavy (non-hydrogen) atoms. The molecule has 1 atom stereocenters. The number of carbonyl (C=O) groups is 2. The van der Waals surface area contributed by atoms with Gasteiger partial charge in [0.1, 0.15) is 11.8 Å². The molecule has 0 aliphatic carbocycles. The summed E-state index contributed by atoms with van der Waals surface area (Å²) in [5, 5.41) is 7.28. The van der Waals surface area contributed by atoms with Crippen molar-refractivity contribution in [3.63, 3.8) is 0 Å². The molecule has 0 bridgehead atoms. The Labute approximate surface area is 180 Å². The maximum absolute atomic E-state index is 13.2. The molecule has 1 saturated heterocycles. The number of pyridine rings is 1. The first-order chi connectivity index (χ1) is 15.2. The Morgan fingerprint density at radius 3 is 2.77 bits per heavy atom. The maximum atomic E-state index is 13.2. The SMILES string of the molecule is CCOc1ccccc1C(=O)N1CCCC1C(=O)Nc1ccn(Cc2ccncc2)n1. The van der Waals surface area contributed by atoms with E-state index in [0.717, 1.165) is 12.0 Å². The monoisotopic (exact) mass is 419 g/mol. The lowest BCUT2D eigenvalue weighted by molar-refractivity contribution is -0.119. The average molecular weight is 419 g/mol. The highest BCUT2D eigenvalue weighted by Crippen LogP contribution is 2.26. The Bertz CT molecular complexity index is 1050. The van der Waals surface area contributed by atoms with Crippen molar-refractivity contribution in [3.05, 3.63) is 72.2 Å². The van der Waals surface area contributed by atoms with Crippen LogP contribution in [0.25, 0.3) is 0 Å². The number of rotatable bonds is 7. The Kier molecular flexibility index (Phi) is 6.26. The Morgan fingerprint density at radius 1 is 1.16 bits per heavy atom. The molecule has 4 rings (SSSR count). The van der Waals surface area contributed by atoms with Crippen LogP contribution in [0.1, 0.15) is 35.7 Å². The number of likely N-dealkylation sites (tertiary alicyclic amines) is 1. The van der Waals surface area contributed by atoms with Crippen molar-refractivity contribution in [1.82, 2.24) is 19.7 Å². The molecular formula is C23H25N5O3. The minimum atomic E-state index is -0.535. The largest absolute Gasteiger partial charge is 0.493 e. The van der Waals surface area contributed by atoms with Crippen LogP contribution in [0.3, 0.4) is 0 Å². The molecule has 1 unspecified atom stereocenters. The first-order valence-corrected chi connectivity index (χ1v) is 10.4. The number of amides is 2. The van der Waals surface area contributed by atoms with Crippen LogP contribution in [0.2, 0.25) is 0 Å². The molecule has 0 saturated carbocycles. The van der Waals surface area contributed by atoms with E-state index in [2.05, 4.69) is 15.4 Å². The maximum Gasteiger partial charge on any atom is 0.258 e. The van der Waals surface area contributed by atoms with Crippen LogP contribution in [0.5, 0.6) is 5.75 Å². The van der Waals surface area contributed by atoms with Crippen molar-refractivity contribution in [3.8, 4) is 5.75 Å². The van der Waals surface area contributed by atoms with E-state index in [4.69, 9.17) is 4.74 Å². The van der Waals surface area contributed by atoms with E-state index in [0.29, 0.717) is 43.2 Å². The van der Waals surface area contributed by atoms with Gasteiger partial charge in [-0.2, -0.15) is 5.10 Å². The third kappa shape index (κ3) is 4.74. The summed E-state index contributed by atoms with van der Waals surface area (Å²) in [5.74, 6) is 0.586. The lowest BCUT2D eigenvalue weighted by Crippen LogP contribution is -2.43. The number of aromatic nitrogens is 3. The number of ether oxygens (including phenoxy) is 1. The molecule has 160 valence electrons. The van der Waals surface area contributed by atoms with Crippen LogP contribution < -0.4 is 10.1 Å². The molecule has 1 N–H and O–H groups in total. The summed E-state index contributed by atoms with van der Waals surface area (Å²) in [6, 6.07) is 12.2. The predicted molar refractivity (Wildman–Crippen MR) is 116 cm³/mol. The van der Waals surface area contributed by atoms with E-state index in [9.17, 15) is 9.59 Å². The highest BCUT2D eigenvalue weighted by Gasteiger charge is 2.35. The Morgan fingerprint density at radius 2 is 1.97 bits per heavy atom. The minimum absolute atomic E-state index is 0.190. The summed E-state index contributed by atoms with van der Waals surface area (Å²) in [4.78, 5) is 31.7. The number of anilines is 1. The van der Waals surface area contributed by atoms with Gasteiger partial charge in [0.05, 0.1) is 18.7 Å². The molecule has 8 nitrogen and oxygen atoms in total. The minimum Gasteiger partial charge on any atom is -0.493 e. The lowest BCUT2D eigenvalue weighted by Gasteiger charge is -2.24.